The number of nitrogens with one attached hydrogen (secondary N) is 2. The van der Waals surface area contributed by atoms with Gasteiger partial charge in [0, 0.05) is 41.7 Å². The summed E-state index contributed by atoms with van der Waals surface area (Å²) in [5, 5.41) is 10.8. The second kappa shape index (κ2) is 9.71. The molecule has 5 nitrogen and oxygen atoms in total. The van der Waals surface area contributed by atoms with E-state index in [2.05, 4.69) is 46.7 Å². The van der Waals surface area contributed by atoms with Crippen LogP contribution in [0.15, 0.2) is 59.8 Å². The van der Waals surface area contributed by atoms with E-state index in [1.807, 2.05) is 12.1 Å². The zero-order valence-corrected chi connectivity index (χ0v) is 17.2. The maximum Gasteiger partial charge on any atom is 0.123 e. The molecule has 3 aromatic rings. The quantitative estimate of drug-likeness (QED) is 0.386. The number of aromatic nitrogens is 2. The number of fused-ring (bicyclic) bond motifs is 1. The van der Waals surface area contributed by atoms with Gasteiger partial charge in [-0.25, -0.2) is 9.37 Å². The van der Waals surface area contributed by atoms with E-state index in [0.717, 1.165) is 34.7 Å². The molecule has 1 aliphatic rings. The van der Waals surface area contributed by atoms with Gasteiger partial charge in [-0.2, -0.15) is 0 Å². The molecule has 1 saturated heterocycles. The summed E-state index contributed by atoms with van der Waals surface area (Å²) < 4.78 is 14.3. The topological polar surface area (TPSA) is 79.7 Å². The molecule has 0 saturated carbocycles. The minimum Gasteiger partial charge on any atom is -0.404 e. The number of halogens is 1. The number of nitrogens with two attached hydrogens (primary N) is 1. The van der Waals surface area contributed by atoms with Crippen LogP contribution in [0.4, 0.5) is 4.39 Å². The average molecular weight is 412 g/mol. The van der Waals surface area contributed by atoms with Crippen LogP contribution in [0.3, 0.4) is 0 Å². The lowest BCUT2D eigenvalue weighted by molar-refractivity contribution is 0.483. The molecule has 3 heterocycles. The van der Waals surface area contributed by atoms with Gasteiger partial charge in [-0.15, -0.1) is 12.6 Å². The van der Waals surface area contributed by atoms with E-state index < -0.39 is 0 Å². The molecule has 4 N–H and O–H groups in total. The van der Waals surface area contributed by atoms with Gasteiger partial charge in [-0.3, -0.25) is 0 Å². The van der Waals surface area contributed by atoms with Crippen LogP contribution in [-0.4, -0.2) is 28.4 Å². The van der Waals surface area contributed by atoms with Crippen molar-refractivity contribution >= 4 is 35.4 Å². The first kappa shape index (κ1) is 21.1. The highest BCUT2D eigenvalue weighted by molar-refractivity contribution is 7.80. The number of nitrogens with zero attached hydrogens (tertiary/aromatic N) is 2. The Balaban J connectivity index is 0.000000252. The van der Waals surface area contributed by atoms with E-state index in [9.17, 15) is 4.39 Å². The predicted octanol–water partition coefficient (Wildman–Crippen LogP) is 4.10. The van der Waals surface area contributed by atoms with Crippen molar-refractivity contribution in [3.63, 3.8) is 0 Å². The fourth-order valence-electron chi connectivity index (χ4n) is 3.49. The van der Waals surface area contributed by atoms with Crippen LogP contribution in [0.1, 0.15) is 19.0 Å². The lowest BCUT2D eigenvalue weighted by Crippen LogP contribution is -2.17. The lowest BCUT2D eigenvalue weighted by Gasteiger charge is -2.11. The van der Waals surface area contributed by atoms with Gasteiger partial charge in [0.25, 0.3) is 0 Å². The van der Waals surface area contributed by atoms with Crippen LogP contribution in [0, 0.1) is 17.1 Å². The molecule has 7 heteroatoms. The Morgan fingerprint density at radius 2 is 2.07 bits per heavy atom. The third-order valence-corrected chi connectivity index (χ3v) is 5.28. The summed E-state index contributed by atoms with van der Waals surface area (Å²) >= 11 is 3.97. The highest BCUT2D eigenvalue weighted by Gasteiger charge is 2.21. The molecule has 1 aromatic carbocycles. The fraction of sp³-hybridized carbons (Fsp3) is 0.273. The highest BCUT2D eigenvalue weighted by atomic mass is 32.1. The van der Waals surface area contributed by atoms with Crippen LogP contribution >= 0.6 is 12.6 Å². The normalized spacial score (nSPS) is 19.1. The summed E-state index contributed by atoms with van der Waals surface area (Å²) in [5.74, 6) is 0.458. The highest BCUT2D eigenvalue weighted by Crippen LogP contribution is 2.21. The molecule has 4 rings (SSSR count). The monoisotopic (exact) mass is 411 g/mol. The predicted molar refractivity (Wildman–Crippen MR) is 120 cm³/mol. The van der Waals surface area contributed by atoms with Gasteiger partial charge in [0.2, 0.25) is 0 Å². The Morgan fingerprint density at radius 1 is 1.31 bits per heavy atom. The Bertz CT molecular complexity index is 975. The molecule has 0 bridgehead atoms. The minimum atomic E-state index is -0.220. The van der Waals surface area contributed by atoms with Gasteiger partial charge in [-0.05, 0) is 68.3 Å². The number of benzene rings is 1. The minimum absolute atomic E-state index is 0.220. The molecular weight excluding hydrogens is 385 g/mol. The Labute approximate surface area is 175 Å². The number of thiol groups is 1. The van der Waals surface area contributed by atoms with E-state index in [1.165, 1.54) is 31.0 Å². The first-order valence-corrected chi connectivity index (χ1v) is 10.0. The Morgan fingerprint density at radius 3 is 2.66 bits per heavy atom. The number of hydrogen-bond donors (Lipinski definition) is 4. The first-order chi connectivity index (χ1) is 14.0. The van der Waals surface area contributed by atoms with Crippen molar-refractivity contribution in [2.24, 2.45) is 11.7 Å². The van der Waals surface area contributed by atoms with Crippen molar-refractivity contribution in [2.75, 3.05) is 6.54 Å². The molecule has 0 aliphatic carbocycles. The maximum absolute atomic E-state index is 12.1. The lowest BCUT2D eigenvalue weighted by atomic mass is 10.1. The summed E-state index contributed by atoms with van der Waals surface area (Å²) in [6.07, 6.45) is 5.97. The van der Waals surface area contributed by atoms with Crippen molar-refractivity contribution in [1.82, 2.24) is 14.9 Å². The van der Waals surface area contributed by atoms with E-state index in [0.29, 0.717) is 17.5 Å². The zero-order chi connectivity index (χ0) is 20.8. The molecule has 0 amide bonds. The van der Waals surface area contributed by atoms with Crippen LogP contribution in [-0.2, 0) is 6.54 Å². The first-order valence-electron chi connectivity index (χ1n) is 9.56. The van der Waals surface area contributed by atoms with Gasteiger partial charge in [0.05, 0.1) is 16.7 Å². The summed E-state index contributed by atoms with van der Waals surface area (Å²) in [6, 6.07) is 12.6. The van der Waals surface area contributed by atoms with E-state index in [-0.39, 0.29) is 5.82 Å². The Hall–Kier alpha value is -2.64. The number of allylic oxidation sites excluding steroid dienone is 1. The molecule has 1 fully saturated rings. The standard InChI is InChI=1S/C16H21N5.C6H5FS/c1-11-6-12(9-19-11)10-21-5-4-15-16(21)3-2-14(20-15)13(7-17)8-18;7-5-1-3-6(8)4-2-5/h2-5,7-8,11-12,17,19H,6,9-10,18H2,1H3;1-4,8H/b13-8+,17-7?;/t11-,12?;/m0./s1. The second-order valence-corrected chi connectivity index (χ2v) is 7.74. The molecule has 1 unspecified atom stereocenters. The van der Waals surface area contributed by atoms with E-state index in [4.69, 9.17) is 11.1 Å². The van der Waals surface area contributed by atoms with Gasteiger partial charge in [-0.1, -0.05) is 0 Å². The molecule has 2 aromatic heterocycles. The summed E-state index contributed by atoms with van der Waals surface area (Å²) in [4.78, 5) is 5.38. The molecular formula is C22H26FN5S. The van der Waals surface area contributed by atoms with E-state index >= 15 is 0 Å². The fourth-order valence-corrected chi connectivity index (χ4v) is 3.64. The molecule has 29 heavy (non-hydrogen) atoms. The zero-order valence-electron chi connectivity index (χ0n) is 16.3. The number of rotatable bonds is 4. The molecule has 0 spiro atoms. The summed E-state index contributed by atoms with van der Waals surface area (Å²) in [7, 11) is 0. The largest absolute Gasteiger partial charge is 0.404 e. The molecule has 2 atom stereocenters. The van der Waals surface area contributed by atoms with Gasteiger partial charge < -0.3 is 21.0 Å². The van der Waals surface area contributed by atoms with Gasteiger partial charge in [0.1, 0.15) is 5.82 Å². The second-order valence-electron chi connectivity index (χ2n) is 7.22. The molecule has 0 radical (unpaired) electrons. The van der Waals surface area contributed by atoms with Crippen molar-refractivity contribution in [2.45, 2.75) is 30.8 Å². The van der Waals surface area contributed by atoms with Crippen LogP contribution in [0.5, 0.6) is 0 Å². The SMILES string of the molecule is C[C@H]1CC(Cn2ccc3nc(/C(C=N)=C/N)ccc32)CN1.Fc1ccc(S)cc1. The van der Waals surface area contributed by atoms with E-state index in [1.54, 1.807) is 12.1 Å². The third-order valence-electron chi connectivity index (χ3n) is 4.98. The Kier molecular flexibility index (Phi) is 7.06. The van der Waals surface area contributed by atoms with Crippen molar-refractivity contribution in [3.05, 3.63) is 66.4 Å². The smallest absolute Gasteiger partial charge is 0.123 e. The average Bonchev–Trinajstić information content (AvgIpc) is 3.32. The van der Waals surface area contributed by atoms with Crippen LogP contribution in [0.25, 0.3) is 16.6 Å². The van der Waals surface area contributed by atoms with Crippen LogP contribution < -0.4 is 11.1 Å². The van der Waals surface area contributed by atoms with Crippen LogP contribution in [0.2, 0.25) is 0 Å². The summed E-state index contributed by atoms with van der Waals surface area (Å²) in [6.45, 7) is 4.34. The van der Waals surface area contributed by atoms with Gasteiger partial charge in [0.15, 0.2) is 0 Å². The van der Waals surface area contributed by atoms with Crippen molar-refractivity contribution in [1.29, 1.82) is 5.41 Å². The third kappa shape index (κ3) is 5.46. The summed E-state index contributed by atoms with van der Waals surface area (Å²) in [5.41, 5.74) is 8.99. The van der Waals surface area contributed by atoms with Crippen molar-refractivity contribution < 1.29 is 4.39 Å². The number of pyridine rings is 1. The molecule has 1 aliphatic heterocycles. The van der Waals surface area contributed by atoms with Gasteiger partial charge >= 0.3 is 0 Å². The maximum atomic E-state index is 12.1. The number of hydrogen-bond acceptors (Lipinski definition) is 5. The van der Waals surface area contributed by atoms with Crippen molar-refractivity contribution in [3.8, 4) is 0 Å². The molecule has 152 valence electrons.